The van der Waals surface area contributed by atoms with Crippen LogP contribution in [0.25, 0.3) is 6.08 Å². The van der Waals surface area contributed by atoms with Gasteiger partial charge in [-0.1, -0.05) is 55.8 Å². The lowest BCUT2D eigenvalue weighted by Crippen LogP contribution is -2.78. The summed E-state index contributed by atoms with van der Waals surface area (Å²) < 4.78 is 49.2. The van der Waals surface area contributed by atoms with Crippen LogP contribution in [0.2, 0.25) is 0 Å². The second-order valence-corrected chi connectivity index (χ2v) is 19.7. The Labute approximate surface area is 381 Å². The van der Waals surface area contributed by atoms with E-state index >= 15 is 0 Å². The second-order valence-electron chi connectivity index (χ2n) is 19.7. The average molecular weight is 906 g/mol. The number of benzene rings is 1. The van der Waals surface area contributed by atoms with E-state index in [1.807, 2.05) is 43.3 Å². The standard InChI is InChI=1S/C50H67NO14/c1-29-43(53)36(58-6)25-42(60-29)65-44-30(2)61-41(26-37(44)59-7)63-35-18-19-46(4)34(24-35)17-20-49(56)38(46)27-39(64-40(52)16-15-32-12-9-8-10-13-32)47(5)48(55,21-22-50(47,49)57)31(3)62-45(54)33-14-11-23-51-28-33/h8-17,23,28-31,35-39,41-44,53,55-57H,18-22,24-27H2,1-7H3. The molecule has 15 nitrogen and oxygen atoms in total. The topological polar surface area (TPSA) is 202 Å². The van der Waals surface area contributed by atoms with E-state index in [0.29, 0.717) is 32.1 Å². The number of aliphatic hydroxyl groups excluding tert-OH is 1. The van der Waals surface area contributed by atoms with Gasteiger partial charge in [-0.05, 0) is 94.9 Å². The van der Waals surface area contributed by atoms with Crippen molar-refractivity contribution in [2.24, 2.45) is 16.7 Å². The summed E-state index contributed by atoms with van der Waals surface area (Å²) >= 11 is 0. The lowest BCUT2D eigenvalue weighted by Gasteiger charge is -2.67. The van der Waals surface area contributed by atoms with Crippen molar-refractivity contribution in [1.29, 1.82) is 0 Å². The Balaban J connectivity index is 1.02. The third kappa shape index (κ3) is 8.31. The lowest BCUT2D eigenvalue weighted by molar-refractivity contribution is -0.328. The number of methoxy groups -OCH3 is 2. The van der Waals surface area contributed by atoms with Crippen LogP contribution in [0.3, 0.4) is 0 Å². The van der Waals surface area contributed by atoms with Gasteiger partial charge < -0.3 is 58.3 Å². The number of carbonyl (C=O) groups excluding carboxylic acids is 2. The molecule has 6 aliphatic rings. The molecule has 3 saturated carbocycles. The molecule has 2 aromatic rings. The highest BCUT2D eigenvalue weighted by Gasteiger charge is 2.81. The molecule has 17 atom stereocenters. The Morgan fingerprint density at radius 1 is 0.892 bits per heavy atom. The van der Waals surface area contributed by atoms with E-state index < -0.39 is 101 Å². The summed E-state index contributed by atoms with van der Waals surface area (Å²) in [6.45, 7) is 9.04. The maximum absolute atomic E-state index is 13.8. The van der Waals surface area contributed by atoms with Gasteiger partial charge in [0, 0.05) is 51.4 Å². The molecule has 0 bridgehead atoms. The van der Waals surface area contributed by atoms with Gasteiger partial charge in [0.05, 0.1) is 41.5 Å². The molecule has 4 aliphatic carbocycles. The molecule has 1 aromatic carbocycles. The number of fused-ring (bicyclic) bond motifs is 5. The minimum absolute atomic E-state index is 0.0363. The summed E-state index contributed by atoms with van der Waals surface area (Å²) in [5, 5.41) is 49.8. The second kappa shape index (κ2) is 18.5. The summed E-state index contributed by atoms with van der Waals surface area (Å²) in [5.41, 5.74) is -5.95. The van der Waals surface area contributed by atoms with E-state index in [0.717, 1.165) is 11.1 Å². The number of hydrogen-bond donors (Lipinski definition) is 4. The third-order valence-corrected chi connectivity index (χ3v) is 16.5. The van der Waals surface area contributed by atoms with Gasteiger partial charge in [-0.15, -0.1) is 0 Å². The Bertz CT molecular complexity index is 2070. The van der Waals surface area contributed by atoms with Gasteiger partial charge in [-0.2, -0.15) is 0 Å². The number of esters is 2. The Morgan fingerprint density at radius 3 is 2.31 bits per heavy atom. The molecular weight excluding hydrogens is 839 g/mol. The predicted octanol–water partition coefficient (Wildman–Crippen LogP) is 5.22. The first-order valence-electron chi connectivity index (χ1n) is 23.2. The van der Waals surface area contributed by atoms with E-state index in [-0.39, 0.29) is 43.5 Å². The van der Waals surface area contributed by atoms with Crippen LogP contribution in [-0.2, 0) is 42.7 Å². The molecular formula is C50H67NO14. The van der Waals surface area contributed by atoms with Crippen molar-refractivity contribution < 1.29 is 67.9 Å². The van der Waals surface area contributed by atoms with E-state index in [4.69, 9.17) is 37.9 Å². The summed E-state index contributed by atoms with van der Waals surface area (Å²) in [7, 11) is 3.20. The fourth-order valence-electron chi connectivity index (χ4n) is 12.5. The molecule has 1 aromatic heterocycles. The quantitative estimate of drug-likeness (QED) is 0.123. The number of carbonyl (C=O) groups is 2. The van der Waals surface area contributed by atoms with Gasteiger partial charge in [-0.3, -0.25) is 4.98 Å². The molecule has 17 unspecified atom stereocenters. The van der Waals surface area contributed by atoms with Crippen LogP contribution < -0.4 is 0 Å². The number of pyridine rings is 1. The van der Waals surface area contributed by atoms with Crippen molar-refractivity contribution in [2.45, 2.75) is 177 Å². The summed E-state index contributed by atoms with van der Waals surface area (Å²) in [4.78, 5) is 31.2. The van der Waals surface area contributed by atoms with Crippen molar-refractivity contribution in [3.63, 3.8) is 0 Å². The average Bonchev–Trinajstić information content (AvgIpc) is 3.53. The highest BCUT2D eigenvalue weighted by molar-refractivity contribution is 5.89. The smallest absolute Gasteiger partial charge is 0.340 e. The maximum Gasteiger partial charge on any atom is 0.340 e. The monoisotopic (exact) mass is 905 g/mol. The number of nitrogens with zero attached hydrogens (tertiary/aromatic N) is 1. The van der Waals surface area contributed by atoms with Crippen LogP contribution in [-0.4, -0.2) is 136 Å². The zero-order valence-electron chi connectivity index (χ0n) is 38.5. The molecule has 15 heteroatoms. The molecule has 5 fully saturated rings. The fourth-order valence-corrected chi connectivity index (χ4v) is 12.5. The predicted molar refractivity (Wildman–Crippen MR) is 235 cm³/mol. The fraction of sp³-hybridized carbons (Fsp3) is 0.660. The van der Waals surface area contributed by atoms with Crippen LogP contribution in [0.1, 0.15) is 108 Å². The van der Waals surface area contributed by atoms with Crippen LogP contribution >= 0.6 is 0 Å². The van der Waals surface area contributed by atoms with E-state index in [1.165, 1.54) is 18.5 Å². The molecule has 2 aliphatic heterocycles. The summed E-state index contributed by atoms with van der Waals surface area (Å²) in [6.07, 6.45) is 3.99. The molecule has 8 rings (SSSR count). The first kappa shape index (κ1) is 47.9. The van der Waals surface area contributed by atoms with E-state index in [9.17, 15) is 30.0 Å². The van der Waals surface area contributed by atoms with Gasteiger partial charge in [0.2, 0.25) is 0 Å². The highest BCUT2D eigenvalue weighted by atomic mass is 16.7. The Hall–Kier alpha value is -3.61. The molecule has 3 heterocycles. The van der Waals surface area contributed by atoms with Crippen LogP contribution in [0, 0.1) is 16.7 Å². The molecule has 2 saturated heterocycles. The van der Waals surface area contributed by atoms with E-state index in [2.05, 4.69) is 11.9 Å². The van der Waals surface area contributed by atoms with Crippen LogP contribution in [0.15, 0.2) is 72.6 Å². The van der Waals surface area contributed by atoms with Crippen LogP contribution in [0.4, 0.5) is 0 Å². The zero-order valence-corrected chi connectivity index (χ0v) is 38.5. The van der Waals surface area contributed by atoms with Gasteiger partial charge in [0.15, 0.2) is 12.6 Å². The largest absolute Gasteiger partial charge is 0.458 e. The van der Waals surface area contributed by atoms with Gasteiger partial charge >= 0.3 is 11.9 Å². The molecule has 65 heavy (non-hydrogen) atoms. The van der Waals surface area contributed by atoms with Crippen molar-refractivity contribution in [2.75, 3.05) is 14.2 Å². The van der Waals surface area contributed by atoms with Crippen molar-refractivity contribution >= 4 is 18.0 Å². The summed E-state index contributed by atoms with van der Waals surface area (Å²) in [5.74, 6) is -1.96. The van der Waals surface area contributed by atoms with Crippen molar-refractivity contribution in [3.8, 4) is 0 Å². The highest BCUT2D eigenvalue weighted by Crippen LogP contribution is 2.71. The molecule has 0 amide bonds. The number of rotatable bonds is 12. The van der Waals surface area contributed by atoms with Gasteiger partial charge in [-0.25, -0.2) is 9.59 Å². The van der Waals surface area contributed by atoms with E-state index in [1.54, 1.807) is 53.2 Å². The molecule has 4 N–H and O–H groups in total. The number of aliphatic hydroxyl groups is 4. The number of hydrogen-bond acceptors (Lipinski definition) is 15. The zero-order chi connectivity index (χ0) is 46.5. The Morgan fingerprint density at radius 2 is 1.60 bits per heavy atom. The van der Waals surface area contributed by atoms with Gasteiger partial charge in [0.25, 0.3) is 0 Å². The number of ether oxygens (including phenoxy) is 8. The molecule has 356 valence electrons. The van der Waals surface area contributed by atoms with Crippen LogP contribution in [0.5, 0.6) is 0 Å². The maximum atomic E-state index is 13.8. The minimum atomic E-state index is -1.98. The third-order valence-electron chi connectivity index (χ3n) is 16.5. The minimum Gasteiger partial charge on any atom is -0.458 e. The van der Waals surface area contributed by atoms with Gasteiger partial charge in [0.1, 0.15) is 41.2 Å². The first-order valence-corrected chi connectivity index (χ1v) is 23.2. The first-order chi connectivity index (χ1) is 30.9. The lowest BCUT2D eigenvalue weighted by atomic mass is 9.42. The summed E-state index contributed by atoms with van der Waals surface area (Å²) in [6, 6.07) is 12.5. The Kier molecular flexibility index (Phi) is 13.6. The normalized spacial score (nSPS) is 43.1. The molecule has 0 spiro atoms. The van der Waals surface area contributed by atoms with Crippen molar-refractivity contribution in [1.82, 2.24) is 4.98 Å². The SMILES string of the molecule is COC1CC(OC2C(C)OC(OC3CCC4(C)C(=CCC5(O)C4CC(OC(=O)C=Cc4ccccc4)C4(C)C(O)(C(C)OC(=O)c6cccnc6)CCC54O)C3)CC2OC)OC(C)C1O. The number of aromatic nitrogens is 1. The molecule has 0 radical (unpaired) electrons. The van der Waals surface area contributed by atoms with Crippen molar-refractivity contribution in [3.05, 3.63) is 83.7 Å².